The van der Waals surface area contributed by atoms with Crippen LogP contribution in [0.5, 0.6) is 5.88 Å². The molecule has 16 heavy (non-hydrogen) atoms. The summed E-state index contributed by atoms with van der Waals surface area (Å²) in [6, 6.07) is 5.33. The Balaban J connectivity index is 2.38. The highest BCUT2D eigenvalue weighted by Crippen LogP contribution is 2.09. The summed E-state index contributed by atoms with van der Waals surface area (Å²) in [5, 5.41) is 4.08. The predicted octanol–water partition coefficient (Wildman–Crippen LogP) is 0.305. The molecule has 82 valence electrons. The van der Waals surface area contributed by atoms with Crippen LogP contribution in [0.15, 0.2) is 24.5 Å². The zero-order chi connectivity index (χ0) is 11.5. The summed E-state index contributed by atoms with van der Waals surface area (Å²) >= 11 is 4.77. The lowest BCUT2D eigenvalue weighted by Gasteiger charge is -2.01. The largest absolute Gasteiger partial charge is 0.481 e. The molecule has 0 aliphatic heterocycles. The highest BCUT2D eigenvalue weighted by molar-refractivity contribution is 7.80. The third kappa shape index (κ3) is 1.98. The van der Waals surface area contributed by atoms with Crippen LogP contribution in [0.1, 0.15) is 5.82 Å². The van der Waals surface area contributed by atoms with E-state index in [1.54, 1.807) is 19.2 Å². The zero-order valence-corrected chi connectivity index (χ0v) is 9.31. The van der Waals surface area contributed by atoms with Crippen LogP contribution >= 0.6 is 12.2 Å². The molecule has 2 aromatic heterocycles. The minimum absolute atomic E-state index is 0.154. The Morgan fingerprint density at radius 1 is 1.50 bits per heavy atom. The Morgan fingerprint density at radius 3 is 2.94 bits per heavy atom. The highest BCUT2D eigenvalue weighted by Gasteiger charge is 2.06. The van der Waals surface area contributed by atoms with Crippen molar-refractivity contribution in [3.8, 4) is 11.7 Å². The molecule has 2 N–H and O–H groups in total. The van der Waals surface area contributed by atoms with E-state index in [2.05, 4.69) is 15.1 Å². The first-order valence-corrected chi connectivity index (χ1v) is 4.84. The summed E-state index contributed by atoms with van der Waals surface area (Å²) in [6.45, 7) is 0. The van der Waals surface area contributed by atoms with Gasteiger partial charge in [0.15, 0.2) is 5.82 Å². The second-order valence-electron chi connectivity index (χ2n) is 2.92. The van der Waals surface area contributed by atoms with Crippen LogP contribution in [0.25, 0.3) is 5.82 Å². The van der Waals surface area contributed by atoms with Crippen molar-refractivity contribution in [2.45, 2.75) is 0 Å². The Hall–Kier alpha value is -2.02. The van der Waals surface area contributed by atoms with Crippen molar-refractivity contribution < 1.29 is 4.74 Å². The molecule has 0 atom stereocenters. The van der Waals surface area contributed by atoms with Gasteiger partial charge in [-0.3, -0.25) is 0 Å². The second kappa shape index (κ2) is 4.23. The predicted molar refractivity (Wildman–Crippen MR) is 61.6 cm³/mol. The fourth-order valence-electron chi connectivity index (χ4n) is 1.13. The summed E-state index contributed by atoms with van der Waals surface area (Å²) in [5.41, 5.74) is 5.41. The molecule has 0 fully saturated rings. The van der Waals surface area contributed by atoms with E-state index in [-0.39, 0.29) is 4.99 Å². The van der Waals surface area contributed by atoms with Crippen molar-refractivity contribution >= 4 is 17.2 Å². The second-order valence-corrected chi connectivity index (χ2v) is 3.35. The molecule has 0 radical (unpaired) electrons. The van der Waals surface area contributed by atoms with Crippen molar-refractivity contribution in [3.05, 3.63) is 30.4 Å². The number of pyridine rings is 1. The molecular weight excluding hydrogens is 226 g/mol. The van der Waals surface area contributed by atoms with Crippen LogP contribution in [-0.2, 0) is 0 Å². The van der Waals surface area contributed by atoms with Gasteiger partial charge < -0.3 is 10.5 Å². The van der Waals surface area contributed by atoms with E-state index >= 15 is 0 Å². The fraction of sp³-hybridized carbons (Fsp3) is 0.111. The van der Waals surface area contributed by atoms with E-state index in [1.165, 1.54) is 11.0 Å². The lowest BCUT2D eigenvalue weighted by molar-refractivity contribution is 0.397. The molecule has 2 heterocycles. The van der Waals surface area contributed by atoms with Gasteiger partial charge in [0.1, 0.15) is 11.3 Å². The Morgan fingerprint density at radius 2 is 2.31 bits per heavy atom. The van der Waals surface area contributed by atoms with E-state index in [0.29, 0.717) is 17.5 Å². The molecule has 0 saturated heterocycles. The van der Waals surface area contributed by atoms with E-state index in [1.807, 2.05) is 6.07 Å². The molecule has 0 amide bonds. The molecule has 6 nitrogen and oxygen atoms in total. The minimum atomic E-state index is 0.154. The number of methoxy groups -OCH3 is 1. The maximum atomic E-state index is 5.41. The van der Waals surface area contributed by atoms with Gasteiger partial charge >= 0.3 is 0 Å². The molecule has 7 heteroatoms. The average molecular weight is 235 g/mol. The van der Waals surface area contributed by atoms with E-state index in [4.69, 9.17) is 22.7 Å². The van der Waals surface area contributed by atoms with Gasteiger partial charge in [0.05, 0.1) is 7.11 Å². The molecule has 0 bridgehead atoms. The van der Waals surface area contributed by atoms with Gasteiger partial charge in [0, 0.05) is 6.07 Å². The third-order valence-corrected chi connectivity index (χ3v) is 2.05. The number of nitrogens with two attached hydrogens (primary N) is 1. The van der Waals surface area contributed by atoms with Crippen LogP contribution in [-0.4, -0.2) is 31.8 Å². The summed E-state index contributed by atoms with van der Waals surface area (Å²) in [4.78, 5) is 8.30. The van der Waals surface area contributed by atoms with Gasteiger partial charge in [0.2, 0.25) is 11.7 Å². The maximum absolute atomic E-state index is 5.41. The highest BCUT2D eigenvalue weighted by atomic mass is 32.1. The van der Waals surface area contributed by atoms with Gasteiger partial charge in [-0.2, -0.15) is 4.98 Å². The number of hydrogen-bond donors (Lipinski definition) is 1. The third-order valence-electron chi connectivity index (χ3n) is 1.86. The first-order chi connectivity index (χ1) is 7.70. The minimum Gasteiger partial charge on any atom is -0.481 e. The molecule has 0 aromatic carbocycles. The standard InChI is InChI=1S/C9H9N5OS/c1-15-7-4-2-3-6(12-7)14-5-11-9(13-14)8(10)16/h2-5H,1H3,(H2,10,16). The molecule has 0 saturated carbocycles. The summed E-state index contributed by atoms with van der Waals surface area (Å²) in [6.07, 6.45) is 1.50. The number of nitrogens with zero attached hydrogens (tertiary/aromatic N) is 4. The van der Waals surface area contributed by atoms with Crippen LogP contribution in [0.2, 0.25) is 0 Å². The summed E-state index contributed by atoms with van der Waals surface area (Å²) in [5.74, 6) is 1.42. The Kier molecular flexibility index (Phi) is 2.78. The smallest absolute Gasteiger partial charge is 0.214 e. The molecule has 2 rings (SSSR count). The zero-order valence-electron chi connectivity index (χ0n) is 8.49. The van der Waals surface area contributed by atoms with Crippen LogP contribution in [0, 0.1) is 0 Å². The molecular formula is C9H9N5OS. The van der Waals surface area contributed by atoms with Crippen molar-refractivity contribution in [2.24, 2.45) is 5.73 Å². The number of ether oxygens (including phenoxy) is 1. The first-order valence-electron chi connectivity index (χ1n) is 4.43. The number of thiocarbonyl (C=S) groups is 1. The van der Waals surface area contributed by atoms with Gasteiger partial charge in [-0.1, -0.05) is 18.3 Å². The van der Waals surface area contributed by atoms with E-state index in [9.17, 15) is 0 Å². The fourth-order valence-corrected chi connectivity index (χ4v) is 1.23. The van der Waals surface area contributed by atoms with Crippen LogP contribution < -0.4 is 10.5 Å². The molecule has 2 aromatic rings. The van der Waals surface area contributed by atoms with E-state index in [0.717, 1.165) is 0 Å². The lowest BCUT2D eigenvalue weighted by atomic mass is 10.4. The number of hydrogen-bond acceptors (Lipinski definition) is 5. The molecule has 0 spiro atoms. The van der Waals surface area contributed by atoms with Gasteiger partial charge in [-0.25, -0.2) is 9.67 Å². The van der Waals surface area contributed by atoms with Crippen LogP contribution in [0.3, 0.4) is 0 Å². The van der Waals surface area contributed by atoms with Crippen molar-refractivity contribution in [1.82, 2.24) is 19.7 Å². The normalized spacial score (nSPS) is 10.1. The number of rotatable bonds is 3. The van der Waals surface area contributed by atoms with Crippen molar-refractivity contribution in [3.63, 3.8) is 0 Å². The quantitative estimate of drug-likeness (QED) is 0.771. The molecule has 0 aliphatic rings. The summed E-state index contributed by atoms with van der Waals surface area (Å²) < 4.78 is 6.49. The van der Waals surface area contributed by atoms with E-state index < -0.39 is 0 Å². The Labute approximate surface area is 97.1 Å². The SMILES string of the molecule is COc1cccc(-n2cnc(C(N)=S)n2)n1. The van der Waals surface area contributed by atoms with Crippen molar-refractivity contribution in [2.75, 3.05) is 7.11 Å². The Bertz CT molecular complexity index is 524. The van der Waals surface area contributed by atoms with Gasteiger partial charge in [-0.15, -0.1) is 5.10 Å². The molecule has 0 unspecified atom stereocenters. The monoisotopic (exact) mass is 235 g/mol. The lowest BCUT2D eigenvalue weighted by Crippen LogP contribution is -2.12. The first kappa shape index (κ1) is 10.5. The van der Waals surface area contributed by atoms with Gasteiger partial charge in [-0.05, 0) is 6.07 Å². The topological polar surface area (TPSA) is 78.9 Å². The van der Waals surface area contributed by atoms with Crippen molar-refractivity contribution in [1.29, 1.82) is 0 Å². The maximum Gasteiger partial charge on any atom is 0.214 e. The average Bonchev–Trinajstić information content (AvgIpc) is 2.78. The van der Waals surface area contributed by atoms with Crippen LogP contribution in [0.4, 0.5) is 0 Å². The number of aromatic nitrogens is 4. The summed E-state index contributed by atoms with van der Waals surface area (Å²) in [7, 11) is 1.55. The molecule has 0 aliphatic carbocycles. The van der Waals surface area contributed by atoms with Gasteiger partial charge in [0.25, 0.3) is 0 Å².